The van der Waals surface area contributed by atoms with Crippen LogP contribution in [0.1, 0.15) is 18.2 Å². The van der Waals surface area contributed by atoms with Gasteiger partial charge in [0.25, 0.3) is 0 Å². The lowest BCUT2D eigenvalue weighted by Crippen LogP contribution is -2.25. The number of carboxylic acids is 1. The number of aryl methyl sites for hydroxylation is 1. The van der Waals surface area contributed by atoms with Crippen molar-refractivity contribution < 1.29 is 9.90 Å². The van der Waals surface area contributed by atoms with Gasteiger partial charge in [-0.15, -0.1) is 0 Å². The Morgan fingerprint density at radius 2 is 2.21 bits per heavy atom. The first kappa shape index (κ1) is 10.5. The Labute approximate surface area is 83.0 Å². The molecule has 0 amide bonds. The third-order valence-corrected chi connectivity index (χ3v) is 2.20. The minimum atomic E-state index is -0.862. The molecule has 0 fully saturated rings. The molecule has 4 nitrogen and oxygen atoms in total. The molecule has 1 atom stereocenters. The lowest BCUT2D eigenvalue weighted by Gasteiger charge is -2.13. The number of aromatic nitrogens is 1. The van der Waals surface area contributed by atoms with E-state index in [0.29, 0.717) is 0 Å². The van der Waals surface area contributed by atoms with E-state index in [1.807, 2.05) is 13.8 Å². The number of nitrogens with one attached hydrogen (secondary N) is 1. The van der Waals surface area contributed by atoms with Crippen LogP contribution in [0, 0.1) is 13.8 Å². The molecule has 0 aliphatic carbocycles. The molecule has 0 saturated heterocycles. The van der Waals surface area contributed by atoms with Crippen LogP contribution in [0.2, 0.25) is 0 Å². The van der Waals surface area contributed by atoms with Crippen molar-refractivity contribution in [1.29, 1.82) is 0 Å². The Hall–Kier alpha value is -1.58. The lowest BCUT2D eigenvalue weighted by molar-refractivity contribution is -0.137. The molecule has 2 N–H and O–H groups in total. The Kier molecular flexibility index (Phi) is 3.06. The summed E-state index contributed by atoms with van der Waals surface area (Å²) in [6.45, 7) is 5.42. The molecule has 0 radical (unpaired) electrons. The summed E-state index contributed by atoms with van der Waals surface area (Å²) in [6.07, 6.45) is 1.67. The number of pyridine rings is 1. The van der Waals surface area contributed by atoms with Gasteiger partial charge in [-0.3, -0.25) is 9.78 Å². The number of carbonyl (C=O) groups is 1. The number of nitrogens with zero attached hydrogens (tertiary/aromatic N) is 1. The summed E-state index contributed by atoms with van der Waals surface area (Å²) in [7, 11) is 0. The average Bonchev–Trinajstić information content (AvgIpc) is 2.12. The van der Waals surface area contributed by atoms with E-state index in [4.69, 9.17) is 5.11 Å². The summed E-state index contributed by atoms with van der Waals surface area (Å²) < 4.78 is 0. The number of rotatable bonds is 3. The van der Waals surface area contributed by atoms with Gasteiger partial charge < -0.3 is 10.4 Å². The van der Waals surface area contributed by atoms with Crippen molar-refractivity contribution in [1.82, 2.24) is 4.98 Å². The van der Waals surface area contributed by atoms with Crippen LogP contribution in [0.5, 0.6) is 0 Å². The van der Waals surface area contributed by atoms with Crippen LogP contribution in [0.4, 0.5) is 5.69 Å². The Morgan fingerprint density at radius 3 is 2.79 bits per heavy atom. The molecule has 1 aromatic rings. The van der Waals surface area contributed by atoms with E-state index >= 15 is 0 Å². The number of hydrogen-bond donors (Lipinski definition) is 2. The summed E-state index contributed by atoms with van der Waals surface area (Å²) >= 11 is 0. The summed E-state index contributed by atoms with van der Waals surface area (Å²) in [5.74, 6) is -0.862. The molecule has 1 heterocycles. The Bertz CT molecular complexity index is 350. The predicted molar refractivity (Wildman–Crippen MR) is 54.4 cm³/mol. The predicted octanol–water partition coefficient (Wildman–Crippen LogP) is 1.58. The van der Waals surface area contributed by atoms with Gasteiger partial charge in [0.15, 0.2) is 0 Å². The van der Waals surface area contributed by atoms with Crippen molar-refractivity contribution in [3.8, 4) is 0 Å². The molecule has 0 aliphatic heterocycles. The van der Waals surface area contributed by atoms with Gasteiger partial charge in [-0.05, 0) is 32.4 Å². The van der Waals surface area contributed by atoms with Gasteiger partial charge in [-0.1, -0.05) is 0 Å². The van der Waals surface area contributed by atoms with E-state index in [1.54, 1.807) is 19.2 Å². The van der Waals surface area contributed by atoms with Crippen LogP contribution < -0.4 is 5.32 Å². The van der Waals surface area contributed by atoms with Crippen molar-refractivity contribution in [2.24, 2.45) is 0 Å². The first-order valence-corrected chi connectivity index (χ1v) is 4.44. The molecule has 0 saturated carbocycles. The first-order valence-electron chi connectivity index (χ1n) is 4.44. The minimum absolute atomic E-state index is 0.588. The number of aliphatic carboxylic acids is 1. The molecule has 0 bridgehead atoms. The van der Waals surface area contributed by atoms with Crippen molar-refractivity contribution in [2.45, 2.75) is 26.8 Å². The van der Waals surface area contributed by atoms with Crippen LogP contribution in [-0.2, 0) is 4.79 Å². The van der Waals surface area contributed by atoms with Gasteiger partial charge >= 0.3 is 5.97 Å². The maximum atomic E-state index is 10.6. The largest absolute Gasteiger partial charge is 0.480 e. The van der Waals surface area contributed by atoms with E-state index in [9.17, 15) is 4.79 Å². The smallest absolute Gasteiger partial charge is 0.325 e. The normalized spacial score (nSPS) is 12.2. The highest BCUT2D eigenvalue weighted by Crippen LogP contribution is 2.16. The number of hydrogen-bond acceptors (Lipinski definition) is 3. The highest BCUT2D eigenvalue weighted by molar-refractivity contribution is 5.77. The lowest BCUT2D eigenvalue weighted by atomic mass is 10.2. The van der Waals surface area contributed by atoms with E-state index in [0.717, 1.165) is 16.9 Å². The molecular formula is C10H14N2O2. The topological polar surface area (TPSA) is 62.2 Å². The van der Waals surface area contributed by atoms with Gasteiger partial charge in [-0.25, -0.2) is 0 Å². The van der Waals surface area contributed by atoms with Crippen LogP contribution in [0.15, 0.2) is 12.3 Å². The van der Waals surface area contributed by atoms with Crippen molar-refractivity contribution in [3.05, 3.63) is 23.5 Å². The Morgan fingerprint density at radius 1 is 1.57 bits per heavy atom. The summed E-state index contributed by atoms with van der Waals surface area (Å²) in [6, 6.07) is 1.19. The third kappa shape index (κ3) is 2.22. The second-order valence-electron chi connectivity index (χ2n) is 3.27. The quantitative estimate of drug-likeness (QED) is 0.767. The van der Waals surface area contributed by atoms with Gasteiger partial charge in [-0.2, -0.15) is 0 Å². The molecule has 0 aromatic carbocycles. The zero-order chi connectivity index (χ0) is 10.7. The summed E-state index contributed by atoms with van der Waals surface area (Å²) in [4.78, 5) is 14.7. The van der Waals surface area contributed by atoms with E-state index < -0.39 is 12.0 Å². The second-order valence-corrected chi connectivity index (χ2v) is 3.27. The van der Waals surface area contributed by atoms with Crippen molar-refractivity contribution >= 4 is 11.7 Å². The number of carboxylic acid groups (broad SMARTS) is 1. The van der Waals surface area contributed by atoms with Crippen molar-refractivity contribution in [3.63, 3.8) is 0 Å². The minimum Gasteiger partial charge on any atom is -0.480 e. The molecule has 0 spiro atoms. The fourth-order valence-corrected chi connectivity index (χ4v) is 1.09. The molecule has 1 aromatic heterocycles. The van der Waals surface area contributed by atoms with E-state index in [1.165, 1.54) is 0 Å². The average molecular weight is 194 g/mol. The number of anilines is 1. The standard InChI is InChI=1S/C10H14N2O2/c1-6-7(2)11-5-4-9(6)12-8(3)10(13)14/h4-5,8H,1-3H3,(H,11,12)(H,13,14). The van der Waals surface area contributed by atoms with Crippen LogP contribution in [-0.4, -0.2) is 22.1 Å². The monoisotopic (exact) mass is 194 g/mol. The third-order valence-electron chi connectivity index (χ3n) is 2.20. The maximum Gasteiger partial charge on any atom is 0.325 e. The van der Waals surface area contributed by atoms with Gasteiger partial charge in [0, 0.05) is 17.6 Å². The first-order chi connectivity index (χ1) is 6.52. The fourth-order valence-electron chi connectivity index (χ4n) is 1.09. The zero-order valence-electron chi connectivity index (χ0n) is 8.53. The molecular weight excluding hydrogens is 180 g/mol. The molecule has 1 unspecified atom stereocenters. The van der Waals surface area contributed by atoms with Crippen LogP contribution in [0.25, 0.3) is 0 Å². The van der Waals surface area contributed by atoms with E-state index in [-0.39, 0.29) is 0 Å². The highest BCUT2D eigenvalue weighted by atomic mass is 16.4. The fraction of sp³-hybridized carbons (Fsp3) is 0.400. The molecule has 76 valence electrons. The summed E-state index contributed by atoms with van der Waals surface area (Å²) in [5, 5.41) is 11.6. The SMILES string of the molecule is Cc1nccc(NC(C)C(=O)O)c1C. The van der Waals surface area contributed by atoms with Crippen molar-refractivity contribution in [2.75, 3.05) is 5.32 Å². The molecule has 1 rings (SSSR count). The summed E-state index contributed by atoms with van der Waals surface area (Å²) in [5.41, 5.74) is 2.72. The zero-order valence-corrected chi connectivity index (χ0v) is 8.53. The highest BCUT2D eigenvalue weighted by Gasteiger charge is 2.11. The second kappa shape index (κ2) is 4.09. The van der Waals surface area contributed by atoms with Gasteiger partial charge in [0.1, 0.15) is 6.04 Å². The van der Waals surface area contributed by atoms with Crippen LogP contribution >= 0.6 is 0 Å². The molecule has 4 heteroatoms. The maximum absolute atomic E-state index is 10.6. The molecule has 0 aliphatic rings. The van der Waals surface area contributed by atoms with Crippen LogP contribution in [0.3, 0.4) is 0 Å². The van der Waals surface area contributed by atoms with Gasteiger partial charge in [0.2, 0.25) is 0 Å². The van der Waals surface area contributed by atoms with Gasteiger partial charge in [0.05, 0.1) is 0 Å². The molecule has 14 heavy (non-hydrogen) atoms. The van der Waals surface area contributed by atoms with E-state index in [2.05, 4.69) is 10.3 Å². The Balaban J connectivity index is 2.87.